The third kappa shape index (κ3) is 3.55. The van der Waals surface area contributed by atoms with Crippen molar-refractivity contribution in [3.63, 3.8) is 0 Å². The van der Waals surface area contributed by atoms with Crippen molar-refractivity contribution in [1.82, 2.24) is 9.80 Å². The zero-order chi connectivity index (χ0) is 23.3. The Morgan fingerprint density at radius 2 is 1.38 bits per heavy atom. The molecule has 4 aliphatic heterocycles. The van der Waals surface area contributed by atoms with Gasteiger partial charge in [0, 0.05) is 26.2 Å². The van der Waals surface area contributed by atoms with Crippen LogP contribution in [0.1, 0.15) is 42.4 Å². The van der Waals surface area contributed by atoms with Crippen LogP contribution < -0.4 is 4.90 Å². The predicted octanol–water partition coefficient (Wildman–Crippen LogP) is 5.01. The fourth-order valence-electron chi connectivity index (χ4n) is 6.44. The van der Waals surface area contributed by atoms with Crippen LogP contribution in [0.4, 0.5) is 11.4 Å². The van der Waals surface area contributed by atoms with E-state index in [0.717, 1.165) is 70.4 Å². The topological polar surface area (TPSA) is 26.8 Å². The van der Waals surface area contributed by atoms with Gasteiger partial charge in [0.2, 0.25) is 5.91 Å². The third-order valence-corrected chi connectivity index (χ3v) is 8.44. The summed E-state index contributed by atoms with van der Waals surface area (Å²) in [5, 5.41) is 0. The normalized spacial score (nSPS) is 22.1. The van der Waals surface area contributed by atoms with Crippen LogP contribution in [0.3, 0.4) is 0 Å². The summed E-state index contributed by atoms with van der Waals surface area (Å²) in [5.41, 5.74) is 8.51. The second-order valence-corrected chi connectivity index (χ2v) is 10.8. The first-order valence-corrected chi connectivity index (χ1v) is 12.8. The number of carbonyl (C=O) groups excluding carboxylic acids is 1. The summed E-state index contributed by atoms with van der Waals surface area (Å²) in [7, 11) is 4.36. The van der Waals surface area contributed by atoms with Crippen molar-refractivity contribution in [2.24, 2.45) is 0 Å². The molecule has 34 heavy (non-hydrogen) atoms. The van der Waals surface area contributed by atoms with Crippen LogP contribution in [-0.2, 0) is 23.1 Å². The van der Waals surface area contributed by atoms with Gasteiger partial charge in [0.15, 0.2) is 0 Å². The zero-order valence-corrected chi connectivity index (χ0v) is 20.5. The molecule has 2 aromatic rings. The summed E-state index contributed by atoms with van der Waals surface area (Å²) in [5.74, 6) is 0.281. The van der Waals surface area contributed by atoms with Crippen molar-refractivity contribution < 1.29 is 4.79 Å². The summed E-state index contributed by atoms with van der Waals surface area (Å²) >= 11 is 0. The number of rotatable bonds is 4. The first kappa shape index (κ1) is 21.8. The lowest BCUT2D eigenvalue weighted by Gasteiger charge is -2.34. The van der Waals surface area contributed by atoms with Gasteiger partial charge in [-0.2, -0.15) is 0 Å². The average molecular weight is 454 g/mol. The van der Waals surface area contributed by atoms with Crippen molar-refractivity contribution in [3.05, 3.63) is 82.5 Å². The van der Waals surface area contributed by atoms with Crippen molar-refractivity contribution >= 4 is 17.3 Å². The molecule has 0 fully saturated rings. The molecule has 176 valence electrons. The van der Waals surface area contributed by atoms with Gasteiger partial charge in [0.05, 0.1) is 16.8 Å². The molecule has 0 bridgehead atoms. The molecule has 0 saturated heterocycles. The van der Waals surface area contributed by atoms with Crippen molar-refractivity contribution in [2.45, 2.75) is 43.9 Å². The standard InChI is InChI=1S/C30H35N3O/c1-31-16-12-22(13-17-31)20-30(21-23-14-18-32(2)19-15-23)26-8-5-7-25-11-10-24-6-3-4-9-27(24)33(28(25)26)29(30)34/h3-9,12,14H,10-11,13,15-21H2,1-2H3. The molecule has 4 aliphatic rings. The van der Waals surface area contributed by atoms with E-state index in [1.54, 1.807) is 0 Å². The van der Waals surface area contributed by atoms with Gasteiger partial charge in [-0.3, -0.25) is 9.69 Å². The Kier molecular flexibility index (Phi) is 5.46. The number of hydrogen-bond donors (Lipinski definition) is 0. The highest BCUT2D eigenvalue weighted by atomic mass is 16.2. The smallest absolute Gasteiger partial charge is 0.242 e. The third-order valence-electron chi connectivity index (χ3n) is 8.44. The van der Waals surface area contributed by atoms with Crippen molar-refractivity contribution in [2.75, 3.05) is 45.2 Å². The maximum Gasteiger partial charge on any atom is 0.242 e. The lowest BCUT2D eigenvalue weighted by molar-refractivity contribution is -0.122. The quantitative estimate of drug-likeness (QED) is 0.609. The molecule has 4 nitrogen and oxygen atoms in total. The molecule has 0 aromatic heterocycles. The summed E-state index contributed by atoms with van der Waals surface area (Å²) in [6, 6.07) is 15.2. The van der Waals surface area contributed by atoms with Crippen LogP contribution in [0.2, 0.25) is 0 Å². The molecule has 0 atom stereocenters. The predicted molar refractivity (Wildman–Crippen MR) is 139 cm³/mol. The Hall–Kier alpha value is -2.69. The number of fused-ring (bicyclic) bond motifs is 2. The van der Waals surface area contributed by atoms with Gasteiger partial charge in [-0.1, -0.05) is 59.7 Å². The highest BCUT2D eigenvalue weighted by Gasteiger charge is 2.53. The molecule has 1 amide bonds. The molecule has 0 unspecified atom stereocenters. The number of carbonyl (C=O) groups is 1. The SMILES string of the molecule is CN1CC=C(CC2(CC3=CCN(C)CC3)C(=O)N3c4ccccc4CCc4cccc2c43)CC1. The molecule has 0 saturated carbocycles. The molecule has 0 aliphatic carbocycles. The number of hydrogen-bond acceptors (Lipinski definition) is 3. The van der Waals surface area contributed by atoms with Crippen LogP contribution in [0.5, 0.6) is 0 Å². The van der Waals surface area contributed by atoms with E-state index in [-0.39, 0.29) is 5.91 Å². The lowest BCUT2D eigenvalue weighted by Crippen LogP contribution is -2.41. The molecule has 4 heteroatoms. The molecule has 6 rings (SSSR count). The van der Waals surface area contributed by atoms with Crippen molar-refractivity contribution in [3.8, 4) is 0 Å². The molecule has 0 spiro atoms. The van der Waals surface area contributed by atoms with Crippen LogP contribution >= 0.6 is 0 Å². The van der Waals surface area contributed by atoms with Crippen molar-refractivity contribution in [1.29, 1.82) is 0 Å². The van der Waals surface area contributed by atoms with Crippen LogP contribution in [0, 0.1) is 0 Å². The summed E-state index contributed by atoms with van der Waals surface area (Å²) in [6.45, 7) is 4.10. The Morgan fingerprint density at radius 1 is 0.765 bits per heavy atom. The molecule has 0 N–H and O–H groups in total. The van der Waals surface area contributed by atoms with Crippen LogP contribution in [0.15, 0.2) is 65.8 Å². The summed E-state index contributed by atoms with van der Waals surface area (Å²) in [4.78, 5) is 21.6. The molecule has 4 heterocycles. The first-order chi connectivity index (χ1) is 16.5. The first-order valence-electron chi connectivity index (χ1n) is 12.8. The van der Waals surface area contributed by atoms with E-state index in [0.29, 0.717) is 0 Å². The minimum Gasteiger partial charge on any atom is -0.302 e. The molecule has 0 radical (unpaired) electrons. The molecular formula is C30H35N3O. The van der Waals surface area contributed by atoms with E-state index in [9.17, 15) is 4.79 Å². The largest absolute Gasteiger partial charge is 0.302 e. The van der Waals surface area contributed by atoms with Gasteiger partial charge >= 0.3 is 0 Å². The number of nitrogens with zero attached hydrogens (tertiary/aromatic N) is 3. The monoisotopic (exact) mass is 453 g/mol. The van der Waals surface area contributed by atoms with Crippen LogP contribution in [-0.4, -0.2) is 56.0 Å². The van der Waals surface area contributed by atoms with Gasteiger partial charge in [0.1, 0.15) is 0 Å². The number of anilines is 2. The Morgan fingerprint density at radius 3 is 2.03 bits per heavy atom. The number of likely N-dealkylation sites (N-methyl/N-ethyl adjacent to an activating group) is 2. The van der Waals surface area contributed by atoms with E-state index in [1.807, 2.05) is 0 Å². The zero-order valence-electron chi connectivity index (χ0n) is 20.5. The second kappa shape index (κ2) is 8.51. The maximum absolute atomic E-state index is 14.7. The van der Waals surface area contributed by atoms with Gasteiger partial charge in [-0.25, -0.2) is 0 Å². The average Bonchev–Trinajstić information content (AvgIpc) is 2.98. The van der Waals surface area contributed by atoms with Crippen LogP contribution in [0.25, 0.3) is 0 Å². The highest BCUT2D eigenvalue weighted by Crippen LogP contribution is 2.55. The van der Waals surface area contributed by atoms with Gasteiger partial charge in [0.25, 0.3) is 0 Å². The summed E-state index contributed by atoms with van der Waals surface area (Å²) in [6.07, 6.45) is 10.5. The van der Waals surface area contributed by atoms with E-state index in [2.05, 4.69) is 83.4 Å². The van der Waals surface area contributed by atoms with E-state index < -0.39 is 5.41 Å². The minimum absolute atomic E-state index is 0.281. The number of benzene rings is 2. The van der Waals surface area contributed by atoms with Gasteiger partial charge in [-0.05, 0) is 75.4 Å². The number of amides is 1. The van der Waals surface area contributed by atoms with E-state index in [1.165, 1.54) is 33.5 Å². The minimum atomic E-state index is -0.515. The van der Waals surface area contributed by atoms with E-state index in [4.69, 9.17) is 0 Å². The Labute approximate surface area is 203 Å². The fraction of sp³-hybridized carbons (Fsp3) is 0.433. The summed E-state index contributed by atoms with van der Waals surface area (Å²) < 4.78 is 0. The van der Waals surface area contributed by atoms with Gasteiger partial charge < -0.3 is 9.80 Å². The Balaban J connectivity index is 1.51. The van der Waals surface area contributed by atoms with Gasteiger partial charge in [-0.15, -0.1) is 0 Å². The fourth-order valence-corrected chi connectivity index (χ4v) is 6.44. The van der Waals surface area contributed by atoms with E-state index >= 15 is 0 Å². The lowest BCUT2D eigenvalue weighted by atomic mass is 9.70. The number of aryl methyl sites for hydroxylation is 2. The molecule has 2 aromatic carbocycles. The maximum atomic E-state index is 14.7. The highest BCUT2D eigenvalue weighted by molar-refractivity contribution is 6.14. The molecular weight excluding hydrogens is 418 g/mol. The second-order valence-electron chi connectivity index (χ2n) is 10.8. The Bertz CT molecular complexity index is 1160. The number of para-hydroxylation sites is 2.